The van der Waals surface area contributed by atoms with Gasteiger partial charge in [-0.1, -0.05) is 11.6 Å². The Balaban J connectivity index is 1.77. The zero-order chi connectivity index (χ0) is 21.2. The molecule has 29 heavy (non-hydrogen) atoms. The number of carbonyl (C=O) groups excluding carboxylic acids is 1. The van der Waals surface area contributed by atoms with Crippen molar-refractivity contribution in [2.45, 2.75) is 19.1 Å². The van der Waals surface area contributed by atoms with Gasteiger partial charge in [-0.3, -0.25) is 0 Å². The molecule has 0 radical (unpaired) electrons. The molecule has 2 amide bonds. The molecule has 0 saturated carbocycles. The number of nitrogens with one attached hydrogen (secondary N) is 2. The van der Waals surface area contributed by atoms with Crippen molar-refractivity contribution in [3.8, 4) is 5.95 Å². The van der Waals surface area contributed by atoms with Gasteiger partial charge in [-0.05, 0) is 25.1 Å². The van der Waals surface area contributed by atoms with E-state index in [1.54, 1.807) is 13.0 Å². The van der Waals surface area contributed by atoms with Gasteiger partial charge >= 0.3 is 12.2 Å². The van der Waals surface area contributed by atoms with Gasteiger partial charge in [-0.15, -0.1) is 0 Å². The maximum absolute atomic E-state index is 14.0. The second-order valence-corrected chi connectivity index (χ2v) is 6.12. The van der Waals surface area contributed by atoms with Crippen LogP contribution in [0.15, 0.2) is 36.9 Å². The monoisotopic (exact) mass is 429 g/mol. The zero-order valence-corrected chi connectivity index (χ0v) is 15.3. The van der Waals surface area contributed by atoms with E-state index in [-0.39, 0.29) is 11.8 Å². The molecule has 0 aliphatic rings. The van der Waals surface area contributed by atoms with E-state index in [1.165, 1.54) is 23.4 Å². The minimum absolute atomic E-state index is 0.199. The van der Waals surface area contributed by atoms with Crippen molar-refractivity contribution in [2.24, 2.45) is 0 Å². The first-order valence-corrected chi connectivity index (χ1v) is 8.35. The fraction of sp³-hybridized carbons (Fsp3) is 0.188. The van der Waals surface area contributed by atoms with Crippen LogP contribution in [0.25, 0.3) is 5.95 Å². The van der Waals surface area contributed by atoms with E-state index in [0.29, 0.717) is 12.1 Å². The van der Waals surface area contributed by atoms with Crippen LogP contribution in [0.5, 0.6) is 0 Å². The number of carbonyl (C=O) groups is 1. The first-order chi connectivity index (χ1) is 13.7. The zero-order valence-electron chi connectivity index (χ0n) is 14.6. The molecule has 0 aliphatic heterocycles. The number of urea groups is 1. The fourth-order valence-corrected chi connectivity index (χ4v) is 2.58. The van der Waals surface area contributed by atoms with E-state index in [2.05, 4.69) is 25.4 Å². The van der Waals surface area contributed by atoms with E-state index < -0.39 is 40.3 Å². The highest BCUT2D eigenvalue weighted by Crippen LogP contribution is 2.35. The van der Waals surface area contributed by atoms with Gasteiger partial charge in [-0.25, -0.2) is 24.1 Å². The number of rotatable bonds is 4. The summed E-state index contributed by atoms with van der Waals surface area (Å²) in [5.74, 6) is -0.748. The molecular weight excluding hydrogens is 418 g/mol. The smallest absolute Gasteiger partial charge is 0.328 e. The van der Waals surface area contributed by atoms with Gasteiger partial charge in [-0.2, -0.15) is 23.0 Å². The summed E-state index contributed by atoms with van der Waals surface area (Å²) < 4.78 is 54.0. The minimum atomic E-state index is -4.76. The largest absolute Gasteiger partial charge is 0.416 e. The molecule has 0 saturated heterocycles. The van der Waals surface area contributed by atoms with E-state index in [4.69, 9.17) is 11.6 Å². The Morgan fingerprint density at radius 3 is 2.55 bits per heavy atom. The van der Waals surface area contributed by atoms with Crippen molar-refractivity contribution >= 4 is 23.3 Å². The molecule has 3 rings (SSSR count). The summed E-state index contributed by atoms with van der Waals surface area (Å²) in [6.45, 7) is 1.54. The predicted molar refractivity (Wildman–Crippen MR) is 93.9 cm³/mol. The van der Waals surface area contributed by atoms with E-state index in [9.17, 15) is 22.4 Å². The summed E-state index contributed by atoms with van der Waals surface area (Å²) in [5.41, 5.74) is -1.92. The van der Waals surface area contributed by atoms with Gasteiger partial charge < -0.3 is 10.6 Å². The van der Waals surface area contributed by atoms with Gasteiger partial charge in [0, 0.05) is 12.4 Å². The lowest BCUT2D eigenvalue weighted by Crippen LogP contribution is -2.33. The van der Waals surface area contributed by atoms with Crippen molar-refractivity contribution in [1.29, 1.82) is 0 Å². The summed E-state index contributed by atoms with van der Waals surface area (Å²) in [4.78, 5) is 24.2. The summed E-state index contributed by atoms with van der Waals surface area (Å²) >= 11 is 5.50. The highest BCUT2D eigenvalue weighted by molar-refractivity contribution is 6.31. The molecule has 2 heterocycles. The van der Waals surface area contributed by atoms with Gasteiger partial charge in [0.15, 0.2) is 11.6 Å². The van der Waals surface area contributed by atoms with Gasteiger partial charge in [0.25, 0.3) is 5.95 Å². The quantitative estimate of drug-likeness (QED) is 0.615. The second-order valence-electron chi connectivity index (χ2n) is 5.72. The molecule has 0 fully saturated rings. The molecule has 2 aromatic heterocycles. The Morgan fingerprint density at radius 2 is 1.90 bits per heavy atom. The third-order valence-corrected chi connectivity index (χ3v) is 3.93. The van der Waals surface area contributed by atoms with E-state index in [0.717, 1.165) is 0 Å². The normalized spacial score (nSPS) is 12.5. The maximum atomic E-state index is 14.0. The number of aromatic nitrogens is 5. The van der Waals surface area contributed by atoms with Crippen LogP contribution in [0.1, 0.15) is 24.4 Å². The SMILES string of the molecule is CC(NC(=O)Nc1cc(C(F)(F)F)cc(Cl)c1F)c1ncnn1-c1ncccn1. The molecule has 0 spiro atoms. The lowest BCUT2D eigenvalue weighted by molar-refractivity contribution is -0.137. The number of hydrogen-bond acceptors (Lipinski definition) is 5. The van der Waals surface area contributed by atoms with Crippen LogP contribution in [0.3, 0.4) is 0 Å². The summed E-state index contributed by atoms with van der Waals surface area (Å²) in [6, 6.07) is 0.738. The van der Waals surface area contributed by atoms with Crippen LogP contribution in [0, 0.1) is 5.82 Å². The van der Waals surface area contributed by atoms with Gasteiger partial charge in [0.05, 0.1) is 22.3 Å². The molecule has 3 aromatic rings. The minimum Gasteiger partial charge on any atom is -0.328 e. The van der Waals surface area contributed by atoms with Crippen molar-refractivity contribution in [2.75, 3.05) is 5.32 Å². The number of anilines is 1. The third-order valence-electron chi connectivity index (χ3n) is 3.65. The number of benzene rings is 1. The maximum Gasteiger partial charge on any atom is 0.416 e. The van der Waals surface area contributed by atoms with Crippen LogP contribution in [-0.4, -0.2) is 30.8 Å². The molecule has 0 aliphatic carbocycles. The molecular formula is C16H12ClF4N7O. The molecule has 1 unspecified atom stereocenters. The third kappa shape index (κ3) is 4.59. The topological polar surface area (TPSA) is 97.6 Å². The molecule has 2 N–H and O–H groups in total. The second kappa shape index (κ2) is 7.99. The summed E-state index contributed by atoms with van der Waals surface area (Å²) in [6.07, 6.45) is -0.574. The average Bonchev–Trinajstić information content (AvgIpc) is 3.15. The number of alkyl halides is 3. The van der Waals surface area contributed by atoms with E-state index in [1.807, 2.05) is 5.32 Å². The first kappa shape index (κ1) is 20.5. The van der Waals surface area contributed by atoms with Crippen LogP contribution in [-0.2, 0) is 6.18 Å². The van der Waals surface area contributed by atoms with Crippen molar-refractivity contribution in [3.05, 3.63) is 59.1 Å². The molecule has 1 atom stereocenters. The van der Waals surface area contributed by atoms with Crippen molar-refractivity contribution < 1.29 is 22.4 Å². The Labute approximate surface area is 165 Å². The molecule has 152 valence electrons. The highest BCUT2D eigenvalue weighted by atomic mass is 35.5. The van der Waals surface area contributed by atoms with Gasteiger partial charge in [0.2, 0.25) is 0 Å². The van der Waals surface area contributed by atoms with Crippen LogP contribution < -0.4 is 10.6 Å². The van der Waals surface area contributed by atoms with E-state index >= 15 is 0 Å². The van der Waals surface area contributed by atoms with Crippen LogP contribution in [0.2, 0.25) is 5.02 Å². The molecule has 1 aromatic carbocycles. The number of amides is 2. The summed E-state index contributed by atoms with van der Waals surface area (Å²) in [7, 11) is 0. The van der Waals surface area contributed by atoms with Crippen molar-refractivity contribution in [1.82, 2.24) is 30.0 Å². The molecule has 13 heteroatoms. The Morgan fingerprint density at radius 1 is 1.21 bits per heavy atom. The predicted octanol–water partition coefficient (Wildman–Crippen LogP) is 3.75. The lowest BCUT2D eigenvalue weighted by Gasteiger charge is -2.16. The lowest BCUT2D eigenvalue weighted by atomic mass is 10.2. The van der Waals surface area contributed by atoms with Crippen molar-refractivity contribution in [3.63, 3.8) is 0 Å². The standard InChI is InChI=1S/C16H12ClF4N7O/c1-8(13-24-7-25-28(13)14-22-3-2-4-23-14)26-15(29)27-11-6-9(16(19,20)21)5-10(17)12(11)18/h2-8H,1H3,(H2,26,27,29). The molecule has 0 bridgehead atoms. The number of nitrogens with zero attached hydrogens (tertiary/aromatic N) is 5. The Kier molecular flexibility index (Phi) is 5.64. The summed E-state index contributed by atoms with van der Waals surface area (Å²) in [5, 5.41) is 7.64. The Hall–Kier alpha value is -3.28. The number of hydrogen-bond donors (Lipinski definition) is 2. The van der Waals surface area contributed by atoms with Crippen LogP contribution in [0.4, 0.5) is 28.0 Å². The highest BCUT2D eigenvalue weighted by Gasteiger charge is 2.32. The fourth-order valence-electron chi connectivity index (χ4n) is 2.36. The Bertz CT molecular complexity index is 1030. The van der Waals surface area contributed by atoms with Crippen LogP contribution >= 0.6 is 11.6 Å². The average molecular weight is 430 g/mol. The first-order valence-electron chi connectivity index (χ1n) is 7.98. The van der Waals surface area contributed by atoms with Gasteiger partial charge in [0.1, 0.15) is 6.33 Å². The molecule has 8 nitrogen and oxygen atoms in total. The number of halogens is 5.